The molecule has 1 N–H and O–H groups in total. The quantitative estimate of drug-likeness (QED) is 0.821. The van der Waals surface area contributed by atoms with Gasteiger partial charge in [0.05, 0.1) is 0 Å². The lowest BCUT2D eigenvalue weighted by molar-refractivity contribution is -0.141. The molecule has 0 unspecified atom stereocenters. The van der Waals surface area contributed by atoms with Crippen molar-refractivity contribution in [2.24, 2.45) is 0 Å². The molecule has 10 heteroatoms. The van der Waals surface area contributed by atoms with Gasteiger partial charge in [0.1, 0.15) is 11.5 Å². The second-order valence-corrected chi connectivity index (χ2v) is 3.82. The van der Waals surface area contributed by atoms with Gasteiger partial charge in [0.15, 0.2) is 17.3 Å². The first-order valence-electron chi connectivity index (χ1n) is 5.27. The van der Waals surface area contributed by atoms with Crippen molar-refractivity contribution in [2.75, 3.05) is 5.32 Å². The van der Waals surface area contributed by atoms with Crippen molar-refractivity contribution in [1.82, 2.24) is 9.78 Å². The van der Waals surface area contributed by atoms with Gasteiger partial charge in [-0.2, -0.15) is 23.0 Å². The van der Waals surface area contributed by atoms with Gasteiger partial charge in [-0.3, -0.25) is 0 Å². The lowest BCUT2D eigenvalue weighted by Crippen LogP contribution is -2.22. The maximum Gasteiger partial charge on any atom is 0.435 e. The highest BCUT2D eigenvalue weighted by Gasteiger charge is 2.34. The molecular weight excluding hydrogens is 304 g/mol. The zero-order chi connectivity index (χ0) is 15.8. The van der Waals surface area contributed by atoms with E-state index in [0.29, 0.717) is 24.4 Å². The molecule has 0 fully saturated rings. The van der Waals surface area contributed by atoms with Crippen molar-refractivity contribution in [3.05, 3.63) is 47.5 Å². The van der Waals surface area contributed by atoms with E-state index in [-0.39, 0.29) is 4.68 Å². The fourth-order valence-electron chi connectivity index (χ4n) is 1.41. The second-order valence-electron chi connectivity index (χ2n) is 3.82. The molecule has 2 rings (SSSR count). The highest BCUT2D eigenvalue weighted by molar-refractivity contribution is 5.90. The van der Waals surface area contributed by atoms with Crippen LogP contribution < -0.4 is 5.32 Å². The second kappa shape index (κ2) is 5.11. The SMILES string of the molecule is O=C(Nc1c(F)cc(F)cc1F)n1ccc(C(F)(F)F)n1. The third-order valence-electron chi connectivity index (χ3n) is 2.33. The van der Waals surface area contributed by atoms with E-state index in [2.05, 4.69) is 5.10 Å². The van der Waals surface area contributed by atoms with Crippen LogP contribution in [0.1, 0.15) is 5.69 Å². The molecule has 0 aliphatic rings. The minimum Gasteiger partial charge on any atom is -0.301 e. The average Bonchev–Trinajstić information content (AvgIpc) is 2.82. The number of hydrogen-bond donors (Lipinski definition) is 1. The molecule has 0 aliphatic heterocycles. The molecule has 0 spiro atoms. The number of amides is 1. The fourth-order valence-corrected chi connectivity index (χ4v) is 1.41. The zero-order valence-corrected chi connectivity index (χ0v) is 9.88. The standard InChI is InChI=1S/C11H5F6N3O/c12-5-3-6(13)9(7(14)4-5)18-10(21)20-2-1-8(19-20)11(15,16)17/h1-4H,(H,18,21). The molecule has 0 aliphatic carbocycles. The Morgan fingerprint density at radius 1 is 1.14 bits per heavy atom. The number of carbonyl (C=O) groups excluding carboxylic acids is 1. The summed E-state index contributed by atoms with van der Waals surface area (Å²) < 4.78 is 76.3. The number of anilines is 1. The molecule has 0 atom stereocenters. The minimum atomic E-state index is -4.77. The predicted molar refractivity (Wildman–Crippen MR) is 58.0 cm³/mol. The van der Waals surface area contributed by atoms with Crippen molar-refractivity contribution in [1.29, 1.82) is 0 Å². The Balaban J connectivity index is 2.25. The van der Waals surface area contributed by atoms with Crippen LogP contribution in [-0.4, -0.2) is 15.8 Å². The Hall–Kier alpha value is -2.52. The number of benzene rings is 1. The van der Waals surface area contributed by atoms with E-state index >= 15 is 0 Å². The summed E-state index contributed by atoms with van der Waals surface area (Å²) in [5.41, 5.74) is -2.34. The Morgan fingerprint density at radius 3 is 2.19 bits per heavy atom. The number of nitrogens with one attached hydrogen (secondary N) is 1. The molecule has 1 aromatic heterocycles. The van der Waals surface area contributed by atoms with E-state index in [1.807, 2.05) is 0 Å². The Kier molecular flexibility index (Phi) is 3.62. The number of hydrogen-bond acceptors (Lipinski definition) is 2. The van der Waals surface area contributed by atoms with E-state index in [0.717, 1.165) is 0 Å². The molecule has 4 nitrogen and oxygen atoms in total. The highest BCUT2D eigenvalue weighted by Crippen LogP contribution is 2.27. The zero-order valence-electron chi connectivity index (χ0n) is 9.88. The summed E-state index contributed by atoms with van der Waals surface area (Å²) in [6.07, 6.45) is -4.10. The Labute approximate surface area is 113 Å². The molecule has 0 saturated carbocycles. The van der Waals surface area contributed by atoms with Crippen molar-refractivity contribution in [3.63, 3.8) is 0 Å². The lowest BCUT2D eigenvalue weighted by atomic mass is 10.3. The van der Waals surface area contributed by atoms with E-state index < -0.39 is 41.0 Å². The first-order valence-corrected chi connectivity index (χ1v) is 5.27. The summed E-state index contributed by atoms with van der Waals surface area (Å²) in [6.45, 7) is 0. The Bertz CT molecular complexity index is 671. The van der Waals surface area contributed by atoms with E-state index in [1.54, 1.807) is 5.32 Å². The summed E-state index contributed by atoms with van der Waals surface area (Å²) in [4.78, 5) is 11.5. The summed E-state index contributed by atoms with van der Waals surface area (Å²) in [5, 5.41) is 4.58. The van der Waals surface area contributed by atoms with Crippen molar-refractivity contribution in [3.8, 4) is 0 Å². The maximum absolute atomic E-state index is 13.3. The molecule has 1 aromatic carbocycles. The van der Waals surface area contributed by atoms with Gasteiger partial charge >= 0.3 is 12.2 Å². The molecule has 1 heterocycles. The van der Waals surface area contributed by atoms with Crippen LogP contribution >= 0.6 is 0 Å². The topological polar surface area (TPSA) is 46.9 Å². The largest absolute Gasteiger partial charge is 0.435 e. The van der Waals surface area contributed by atoms with Crippen molar-refractivity contribution in [2.45, 2.75) is 6.18 Å². The highest BCUT2D eigenvalue weighted by atomic mass is 19.4. The fraction of sp³-hybridized carbons (Fsp3) is 0.0909. The van der Waals surface area contributed by atoms with Gasteiger partial charge in [0.25, 0.3) is 0 Å². The lowest BCUT2D eigenvalue weighted by Gasteiger charge is -2.07. The van der Waals surface area contributed by atoms with Gasteiger partial charge in [0.2, 0.25) is 0 Å². The molecule has 0 bridgehead atoms. The number of aromatic nitrogens is 2. The molecule has 21 heavy (non-hydrogen) atoms. The number of alkyl halides is 3. The molecule has 1 amide bonds. The minimum absolute atomic E-state index is 0.213. The summed E-state index contributed by atoms with van der Waals surface area (Å²) in [5.74, 6) is -4.03. The third-order valence-corrected chi connectivity index (χ3v) is 2.33. The van der Waals surface area contributed by atoms with Gasteiger partial charge in [-0.15, -0.1) is 0 Å². The van der Waals surface area contributed by atoms with Crippen LogP contribution in [0.5, 0.6) is 0 Å². The number of carbonyl (C=O) groups is 1. The first-order chi connectivity index (χ1) is 9.68. The van der Waals surface area contributed by atoms with Gasteiger partial charge < -0.3 is 5.32 Å². The first kappa shape index (κ1) is 14.9. The van der Waals surface area contributed by atoms with Crippen LogP contribution in [0.3, 0.4) is 0 Å². The van der Waals surface area contributed by atoms with Crippen LogP contribution in [0.15, 0.2) is 24.4 Å². The van der Waals surface area contributed by atoms with Crippen LogP contribution in [-0.2, 0) is 6.18 Å². The van der Waals surface area contributed by atoms with Crippen LogP contribution in [0, 0.1) is 17.5 Å². The van der Waals surface area contributed by atoms with E-state index in [9.17, 15) is 31.1 Å². The summed E-state index contributed by atoms with van der Waals surface area (Å²) >= 11 is 0. The molecule has 2 aromatic rings. The Morgan fingerprint density at radius 2 is 1.71 bits per heavy atom. The summed E-state index contributed by atoms with van der Waals surface area (Å²) in [6, 6.07) is -0.210. The monoisotopic (exact) mass is 309 g/mol. The number of halogens is 6. The van der Waals surface area contributed by atoms with Crippen LogP contribution in [0.25, 0.3) is 0 Å². The van der Waals surface area contributed by atoms with Crippen LogP contribution in [0.2, 0.25) is 0 Å². The van der Waals surface area contributed by atoms with Gasteiger partial charge in [-0.1, -0.05) is 0 Å². The van der Waals surface area contributed by atoms with E-state index in [1.165, 1.54) is 0 Å². The predicted octanol–water partition coefficient (Wildman–Crippen LogP) is 3.40. The maximum atomic E-state index is 13.3. The summed E-state index contributed by atoms with van der Waals surface area (Å²) in [7, 11) is 0. The molecule has 0 saturated heterocycles. The molecular formula is C11H5F6N3O. The third kappa shape index (κ3) is 3.15. The normalized spacial score (nSPS) is 11.5. The smallest absolute Gasteiger partial charge is 0.301 e. The van der Waals surface area contributed by atoms with E-state index in [4.69, 9.17) is 0 Å². The van der Waals surface area contributed by atoms with Crippen molar-refractivity contribution >= 4 is 11.7 Å². The molecule has 112 valence electrons. The average molecular weight is 309 g/mol. The van der Waals surface area contributed by atoms with Gasteiger partial charge in [-0.25, -0.2) is 18.0 Å². The van der Waals surface area contributed by atoms with Gasteiger partial charge in [0, 0.05) is 18.3 Å². The number of nitrogens with zero attached hydrogens (tertiary/aromatic N) is 2. The van der Waals surface area contributed by atoms with Gasteiger partial charge in [-0.05, 0) is 6.07 Å². The van der Waals surface area contributed by atoms with Crippen LogP contribution in [0.4, 0.5) is 36.8 Å². The molecule has 0 radical (unpaired) electrons. The van der Waals surface area contributed by atoms with Crippen molar-refractivity contribution < 1.29 is 31.1 Å². The number of rotatable bonds is 1.